The zero-order valence-electron chi connectivity index (χ0n) is 9.75. The van der Waals surface area contributed by atoms with Crippen molar-refractivity contribution < 1.29 is 14.3 Å². The highest BCUT2D eigenvalue weighted by atomic mass is 32.1. The number of imide groups is 1. The summed E-state index contributed by atoms with van der Waals surface area (Å²) in [5.41, 5.74) is 0. The second-order valence-electron chi connectivity index (χ2n) is 5.03. The Morgan fingerprint density at radius 3 is 2.12 bits per heavy atom. The van der Waals surface area contributed by atoms with Crippen LogP contribution < -0.4 is 0 Å². The highest BCUT2D eigenvalue weighted by Crippen LogP contribution is 2.48. The molecule has 0 N–H and O–H groups in total. The molecule has 0 aromatic carbocycles. The number of carbonyl (C=O) groups is 2. The van der Waals surface area contributed by atoms with Crippen molar-refractivity contribution >= 4 is 29.1 Å². The second kappa shape index (κ2) is 3.49. The molecule has 3 heterocycles. The average molecular weight is 254 g/mol. The van der Waals surface area contributed by atoms with Crippen LogP contribution >= 0.6 is 12.2 Å². The predicted molar refractivity (Wildman–Crippen MR) is 63.0 cm³/mol. The Morgan fingerprint density at radius 2 is 1.71 bits per heavy atom. The molecule has 3 aliphatic heterocycles. The van der Waals surface area contributed by atoms with E-state index in [-0.39, 0.29) is 41.0 Å². The van der Waals surface area contributed by atoms with Crippen molar-refractivity contribution in [3.05, 3.63) is 0 Å². The van der Waals surface area contributed by atoms with Crippen LogP contribution in [-0.4, -0.2) is 53.0 Å². The summed E-state index contributed by atoms with van der Waals surface area (Å²) < 4.78 is 5.64. The third kappa shape index (κ3) is 1.31. The van der Waals surface area contributed by atoms with E-state index in [1.807, 2.05) is 0 Å². The first kappa shape index (κ1) is 11.1. The van der Waals surface area contributed by atoms with Crippen molar-refractivity contribution in [1.82, 2.24) is 9.80 Å². The molecule has 3 saturated heterocycles. The van der Waals surface area contributed by atoms with Gasteiger partial charge in [-0.1, -0.05) is 0 Å². The van der Waals surface area contributed by atoms with Gasteiger partial charge in [-0.2, -0.15) is 0 Å². The third-order valence-corrected chi connectivity index (χ3v) is 4.41. The number of ether oxygens (including phenoxy) is 1. The predicted octanol–water partition coefficient (Wildman–Crippen LogP) is -0.00470. The molecule has 5 nitrogen and oxygen atoms in total. The van der Waals surface area contributed by atoms with E-state index in [1.54, 1.807) is 19.0 Å². The van der Waals surface area contributed by atoms with Crippen LogP contribution in [0.25, 0.3) is 0 Å². The number of nitrogens with zero attached hydrogens (tertiary/aromatic N) is 2. The maximum Gasteiger partial charge on any atom is 0.242 e. The first-order valence-electron chi connectivity index (χ1n) is 5.77. The molecule has 4 atom stereocenters. The van der Waals surface area contributed by atoms with Gasteiger partial charge in [-0.25, -0.2) is 4.90 Å². The van der Waals surface area contributed by atoms with E-state index in [4.69, 9.17) is 17.0 Å². The van der Waals surface area contributed by atoms with Crippen LogP contribution in [0.2, 0.25) is 0 Å². The van der Waals surface area contributed by atoms with E-state index < -0.39 is 0 Å². The van der Waals surface area contributed by atoms with Gasteiger partial charge in [-0.3, -0.25) is 9.59 Å². The van der Waals surface area contributed by atoms with Crippen LogP contribution in [0.5, 0.6) is 0 Å². The van der Waals surface area contributed by atoms with Gasteiger partial charge < -0.3 is 9.64 Å². The van der Waals surface area contributed by atoms with Gasteiger partial charge >= 0.3 is 0 Å². The normalized spacial score (nSPS) is 38.8. The molecule has 3 aliphatic rings. The van der Waals surface area contributed by atoms with E-state index in [2.05, 4.69) is 0 Å². The fraction of sp³-hybridized carbons (Fsp3) is 0.727. The molecule has 0 saturated carbocycles. The number of thiocarbonyl (C=S) groups is 1. The lowest BCUT2D eigenvalue weighted by atomic mass is 9.81. The summed E-state index contributed by atoms with van der Waals surface area (Å²) in [4.78, 5) is 27.3. The standard InChI is InChI=1S/C11H14N2O3S/c1-12(2)11(17)13-9(14)7-5-3-4-6(16-5)8(7)10(13)15/h5-8H,3-4H2,1-2H3/t5-,6+,7-,8+. The summed E-state index contributed by atoms with van der Waals surface area (Å²) in [6, 6.07) is 0. The van der Waals surface area contributed by atoms with Crippen molar-refractivity contribution in [3.8, 4) is 0 Å². The van der Waals surface area contributed by atoms with Gasteiger partial charge in [0, 0.05) is 14.1 Å². The molecular weight excluding hydrogens is 240 g/mol. The fourth-order valence-corrected chi connectivity index (χ4v) is 3.28. The lowest BCUT2D eigenvalue weighted by Crippen LogP contribution is -2.44. The van der Waals surface area contributed by atoms with E-state index in [0.717, 1.165) is 12.8 Å². The maximum absolute atomic E-state index is 12.2. The molecule has 2 amide bonds. The summed E-state index contributed by atoms with van der Waals surface area (Å²) in [6.45, 7) is 0. The topological polar surface area (TPSA) is 49.9 Å². The lowest BCUT2D eigenvalue weighted by Gasteiger charge is -2.23. The van der Waals surface area contributed by atoms with Crippen molar-refractivity contribution in [1.29, 1.82) is 0 Å². The number of hydrogen-bond donors (Lipinski definition) is 0. The molecule has 3 fully saturated rings. The van der Waals surface area contributed by atoms with Crippen molar-refractivity contribution in [2.45, 2.75) is 25.0 Å². The third-order valence-electron chi connectivity index (χ3n) is 3.86. The zero-order valence-corrected chi connectivity index (χ0v) is 10.6. The SMILES string of the molecule is CN(C)C(=S)N1C(=O)[C@@H]2[C@H](C1=O)[C@H]1CC[C@@H]2O1. The number of hydrogen-bond acceptors (Lipinski definition) is 4. The van der Waals surface area contributed by atoms with Gasteiger partial charge in [0.25, 0.3) is 0 Å². The van der Waals surface area contributed by atoms with Gasteiger partial charge in [0.05, 0.1) is 24.0 Å². The van der Waals surface area contributed by atoms with Crippen LogP contribution in [0.4, 0.5) is 0 Å². The summed E-state index contributed by atoms with van der Waals surface area (Å²) in [5.74, 6) is -0.935. The van der Waals surface area contributed by atoms with Gasteiger partial charge in [0.1, 0.15) is 0 Å². The van der Waals surface area contributed by atoms with Gasteiger partial charge in [0.2, 0.25) is 11.8 Å². The maximum atomic E-state index is 12.2. The highest BCUT2D eigenvalue weighted by Gasteiger charge is 2.63. The molecular formula is C11H14N2O3S. The quantitative estimate of drug-likeness (QED) is 0.450. The Kier molecular flexibility index (Phi) is 2.28. The first-order chi connectivity index (χ1) is 8.02. The number of rotatable bonds is 0. The Hall–Kier alpha value is -1.01. The first-order valence-corrected chi connectivity index (χ1v) is 6.17. The Bertz CT molecular complexity index is 395. The summed E-state index contributed by atoms with van der Waals surface area (Å²) >= 11 is 5.14. The largest absolute Gasteiger partial charge is 0.373 e. The van der Waals surface area contributed by atoms with Crippen LogP contribution in [0, 0.1) is 11.8 Å². The van der Waals surface area contributed by atoms with Crippen molar-refractivity contribution in [3.63, 3.8) is 0 Å². The molecule has 0 aliphatic carbocycles. The number of likely N-dealkylation sites (tertiary alicyclic amines) is 1. The Morgan fingerprint density at radius 1 is 1.24 bits per heavy atom. The lowest BCUT2D eigenvalue weighted by molar-refractivity contribution is -0.137. The summed E-state index contributed by atoms with van der Waals surface area (Å²) in [6.07, 6.45) is 1.62. The van der Waals surface area contributed by atoms with Crippen LogP contribution in [0.3, 0.4) is 0 Å². The molecule has 0 spiro atoms. The molecule has 0 unspecified atom stereocenters. The number of amides is 2. The Balaban J connectivity index is 1.93. The molecule has 0 aromatic heterocycles. The minimum absolute atomic E-state index is 0.0728. The van der Waals surface area contributed by atoms with E-state index in [1.165, 1.54) is 4.90 Å². The molecule has 17 heavy (non-hydrogen) atoms. The minimum atomic E-state index is -0.292. The van der Waals surface area contributed by atoms with Gasteiger partial charge in [-0.05, 0) is 25.1 Å². The number of fused-ring (bicyclic) bond motifs is 5. The molecule has 3 rings (SSSR count). The van der Waals surface area contributed by atoms with E-state index in [9.17, 15) is 9.59 Å². The van der Waals surface area contributed by atoms with Crippen molar-refractivity contribution in [2.75, 3.05) is 14.1 Å². The molecule has 0 radical (unpaired) electrons. The fourth-order valence-electron chi connectivity index (χ4n) is 3.10. The highest BCUT2D eigenvalue weighted by molar-refractivity contribution is 7.80. The van der Waals surface area contributed by atoms with Gasteiger partial charge in [0.15, 0.2) is 5.11 Å². The minimum Gasteiger partial charge on any atom is -0.373 e. The second-order valence-corrected chi connectivity index (χ2v) is 5.40. The smallest absolute Gasteiger partial charge is 0.242 e. The summed E-state index contributed by atoms with van der Waals surface area (Å²) in [7, 11) is 3.48. The number of carbonyl (C=O) groups excluding carboxylic acids is 2. The van der Waals surface area contributed by atoms with Crippen LogP contribution in [0.15, 0.2) is 0 Å². The average Bonchev–Trinajstić information content (AvgIpc) is 2.92. The van der Waals surface area contributed by atoms with Gasteiger partial charge in [-0.15, -0.1) is 0 Å². The van der Waals surface area contributed by atoms with E-state index >= 15 is 0 Å². The monoisotopic (exact) mass is 254 g/mol. The van der Waals surface area contributed by atoms with Crippen molar-refractivity contribution in [2.24, 2.45) is 11.8 Å². The van der Waals surface area contributed by atoms with Crippen LogP contribution in [-0.2, 0) is 14.3 Å². The zero-order chi connectivity index (χ0) is 12.3. The molecule has 2 bridgehead atoms. The summed E-state index contributed by atoms with van der Waals surface area (Å²) in [5, 5.41) is 0.286. The molecule has 0 aromatic rings. The van der Waals surface area contributed by atoms with E-state index in [0.29, 0.717) is 0 Å². The molecule has 6 heteroatoms. The molecule has 92 valence electrons. The Labute approximate surface area is 105 Å². The van der Waals surface area contributed by atoms with Crippen LogP contribution in [0.1, 0.15) is 12.8 Å².